The minimum atomic E-state index is -0.258. The summed E-state index contributed by atoms with van der Waals surface area (Å²) in [6.07, 6.45) is -0.517. The molecule has 60 valence electrons. The van der Waals surface area contributed by atoms with E-state index in [9.17, 15) is 0 Å². The van der Waals surface area contributed by atoms with Crippen molar-refractivity contribution < 1.29 is 19.7 Å². The Morgan fingerprint density at radius 3 is 2.00 bits per heavy atom. The van der Waals surface area contributed by atoms with Gasteiger partial charge in [-0.05, 0) is 0 Å². The van der Waals surface area contributed by atoms with E-state index in [0.29, 0.717) is 13.2 Å². The Kier molecular flexibility index (Phi) is 3.08. The number of ether oxygens (including phenoxy) is 2. The van der Waals surface area contributed by atoms with Crippen LogP contribution in [0.2, 0.25) is 0 Å². The van der Waals surface area contributed by atoms with Gasteiger partial charge >= 0.3 is 0 Å². The molecule has 4 heteroatoms. The number of rotatable bonds is 2. The summed E-state index contributed by atoms with van der Waals surface area (Å²) in [5.74, 6) is 0. The smallest absolute Gasteiger partial charge is 0.104 e. The summed E-state index contributed by atoms with van der Waals surface area (Å²) in [6, 6.07) is 0. The van der Waals surface area contributed by atoms with Crippen molar-refractivity contribution in [1.82, 2.24) is 0 Å². The molecule has 10 heavy (non-hydrogen) atoms. The van der Waals surface area contributed by atoms with Crippen LogP contribution in [0.15, 0.2) is 0 Å². The van der Waals surface area contributed by atoms with Crippen molar-refractivity contribution in [3.63, 3.8) is 0 Å². The van der Waals surface area contributed by atoms with E-state index in [1.165, 1.54) is 0 Å². The highest BCUT2D eigenvalue weighted by atomic mass is 16.6. The monoisotopic (exact) mass is 148 g/mol. The predicted molar refractivity (Wildman–Crippen MR) is 33.7 cm³/mol. The molecule has 0 radical (unpaired) electrons. The van der Waals surface area contributed by atoms with Crippen molar-refractivity contribution in [1.29, 1.82) is 0 Å². The van der Waals surface area contributed by atoms with Crippen LogP contribution < -0.4 is 0 Å². The number of aliphatic hydroxyl groups is 2. The maximum atomic E-state index is 8.62. The fourth-order valence-corrected chi connectivity index (χ4v) is 0.873. The molecule has 0 unspecified atom stereocenters. The standard InChI is InChI=1S/C6H12O4/c7-1-5-3-9-4-6(2-8)10-5/h5-8H,1-4H2/t5-,6-/m0/s1. The number of hydrogen-bond acceptors (Lipinski definition) is 4. The molecule has 0 amide bonds. The molecule has 2 N–H and O–H groups in total. The van der Waals surface area contributed by atoms with Crippen molar-refractivity contribution in [3.05, 3.63) is 0 Å². The molecule has 0 bridgehead atoms. The highest BCUT2D eigenvalue weighted by Gasteiger charge is 2.21. The van der Waals surface area contributed by atoms with E-state index in [0.717, 1.165) is 0 Å². The van der Waals surface area contributed by atoms with Gasteiger partial charge in [-0.25, -0.2) is 0 Å². The van der Waals surface area contributed by atoms with Crippen LogP contribution in [0.4, 0.5) is 0 Å². The summed E-state index contributed by atoms with van der Waals surface area (Å²) in [7, 11) is 0. The average Bonchev–Trinajstić information content (AvgIpc) is 2.05. The summed E-state index contributed by atoms with van der Waals surface area (Å²) < 4.78 is 10.2. The molecule has 1 heterocycles. The molecule has 0 aromatic heterocycles. The SMILES string of the molecule is OC[C@H]1COC[C@H](CO)O1. The Morgan fingerprint density at radius 1 is 1.10 bits per heavy atom. The van der Waals surface area contributed by atoms with Crippen molar-refractivity contribution in [2.45, 2.75) is 12.2 Å². The Labute approximate surface area is 59.4 Å². The van der Waals surface area contributed by atoms with E-state index in [1.54, 1.807) is 0 Å². The van der Waals surface area contributed by atoms with E-state index < -0.39 is 0 Å². The van der Waals surface area contributed by atoms with Gasteiger partial charge in [0.1, 0.15) is 12.2 Å². The first-order chi connectivity index (χ1) is 4.86. The summed E-state index contributed by atoms with van der Waals surface area (Å²) >= 11 is 0. The first-order valence-corrected chi connectivity index (χ1v) is 3.31. The van der Waals surface area contributed by atoms with Gasteiger partial charge in [0.15, 0.2) is 0 Å². The van der Waals surface area contributed by atoms with E-state index in [-0.39, 0.29) is 25.4 Å². The van der Waals surface area contributed by atoms with Crippen LogP contribution in [0.25, 0.3) is 0 Å². The topological polar surface area (TPSA) is 58.9 Å². The predicted octanol–water partition coefficient (Wildman–Crippen LogP) is -1.24. The second-order valence-electron chi connectivity index (χ2n) is 2.28. The van der Waals surface area contributed by atoms with E-state index in [1.807, 2.05) is 0 Å². The van der Waals surface area contributed by atoms with Crippen molar-refractivity contribution >= 4 is 0 Å². The lowest BCUT2D eigenvalue weighted by Gasteiger charge is -2.27. The van der Waals surface area contributed by atoms with Gasteiger partial charge in [0.05, 0.1) is 26.4 Å². The highest BCUT2D eigenvalue weighted by Crippen LogP contribution is 2.06. The molecule has 1 fully saturated rings. The van der Waals surface area contributed by atoms with Gasteiger partial charge in [-0.3, -0.25) is 0 Å². The summed E-state index contributed by atoms with van der Waals surface area (Å²) in [6.45, 7) is 0.757. The molecule has 0 spiro atoms. The zero-order valence-corrected chi connectivity index (χ0v) is 5.69. The van der Waals surface area contributed by atoms with Gasteiger partial charge in [0.25, 0.3) is 0 Å². The first-order valence-electron chi connectivity index (χ1n) is 3.31. The average molecular weight is 148 g/mol. The van der Waals surface area contributed by atoms with Crippen LogP contribution in [0.3, 0.4) is 0 Å². The zero-order valence-electron chi connectivity index (χ0n) is 5.69. The second kappa shape index (κ2) is 3.88. The van der Waals surface area contributed by atoms with E-state index in [2.05, 4.69) is 0 Å². The summed E-state index contributed by atoms with van der Waals surface area (Å²) in [5.41, 5.74) is 0. The molecular weight excluding hydrogens is 136 g/mol. The molecule has 2 atom stereocenters. The van der Waals surface area contributed by atoms with Gasteiger partial charge < -0.3 is 19.7 Å². The zero-order chi connectivity index (χ0) is 7.40. The van der Waals surface area contributed by atoms with E-state index in [4.69, 9.17) is 19.7 Å². The Bertz CT molecular complexity index is 85.7. The number of hydrogen-bond donors (Lipinski definition) is 2. The quantitative estimate of drug-likeness (QED) is 0.514. The van der Waals surface area contributed by atoms with Crippen molar-refractivity contribution in [3.8, 4) is 0 Å². The molecule has 0 aromatic rings. The first kappa shape index (κ1) is 7.94. The summed E-state index contributed by atoms with van der Waals surface area (Å²) in [5, 5.41) is 17.2. The largest absolute Gasteiger partial charge is 0.394 e. The van der Waals surface area contributed by atoms with Crippen LogP contribution in [-0.2, 0) is 9.47 Å². The Morgan fingerprint density at radius 2 is 1.60 bits per heavy atom. The maximum absolute atomic E-state index is 8.62. The lowest BCUT2D eigenvalue weighted by atomic mass is 10.3. The normalized spacial score (nSPS) is 34.2. The lowest BCUT2D eigenvalue weighted by molar-refractivity contribution is -0.161. The van der Waals surface area contributed by atoms with Gasteiger partial charge in [-0.15, -0.1) is 0 Å². The lowest BCUT2D eigenvalue weighted by Crippen LogP contribution is -2.39. The highest BCUT2D eigenvalue weighted by molar-refractivity contribution is 4.66. The Hall–Kier alpha value is -0.160. The van der Waals surface area contributed by atoms with Crippen LogP contribution >= 0.6 is 0 Å². The summed E-state index contributed by atoms with van der Waals surface area (Å²) in [4.78, 5) is 0. The van der Waals surface area contributed by atoms with E-state index >= 15 is 0 Å². The van der Waals surface area contributed by atoms with Crippen LogP contribution in [-0.4, -0.2) is 48.8 Å². The minimum absolute atomic E-state index is 0.0451. The second-order valence-corrected chi connectivity index (χ2v) is 2.28. The van der Waals surface area contributed by atoms with Crippen molar-refractivity contribution in [2.75, 3.05) is 26.4 Å². The fourth-order valence-electron chi connectivity index (χ4n) is 0.873. The molecule has 1 aliphatic heterocycles. The third kappa shape index (κ3) is 1.91. The van der Waals surface area contributed by atoms with Crippen LogP contribution in [0, 0.1) is 0 Å². The van der Waals surface area contributed by atoms with Gasteiger partial charge in [0.2, 0.25) is 0 Å². The van der Waals surface area contributed by atoms with Gasteiger partial charge in [-0.1, -0.05) is 0 Å². The molecule has 0 saturated carbocycles. The minimum Gasteiger partial charge on any atom is -0.394 e. The fraction of sp³-hybridized carbons (Fsp3) is 1.00. The molecule has 1 saturated heterocycles. The third-order valence-corrected chi connectivity index (χ3v) is 1.40. The van der Waals surface area contributed by atoms with Crippen LogP contribution in [0.5, 0.6) is 0 Å². The van der Waals surface area contributed by atoms with Gasteiger partial charge in [0, 0.05) is 0 Å². The molecular formula is C6H12O4. The molecule has 4 nitrogen and oxygen atoms in total. The maximum Gasteiger partial charge on any atom is 0.104 e. The van der Waals surface area contributed by atoms with Gasteiger partial charge in [-0.2, -0.15) is 0 Å². The molecule has 0 aromatic carbocycles. The molecule has 0 aliphatic carbocycles. The third-order valence-electron chi connectivity index (χ3n) is 1.40. The molecule has 1 rings (SSSR count). The molecule has 1 aliphatic rings. The number of aliphatic hydroxyl groups excluding tert-OH is 2. The Balaban J connectivity index is 2.25. The van der Waals surface area contributed by atoms with Crippen LogP contribution in [0.1, 0.15) is 0 Å². The van der Waals surface area contributed by atoms with Crippen molar-refractivity contribution in [2.24, 2.45) is 0 Å².